The maximum Gasteiger partial charge on any atom is 0.397 e. The van der Waals surface area contributed by atoms with E-state index in [4.69, 9.17) is 4.55 Å². The molecule has 24 heavy (non-hydrogen) atoms. The molecule has 3 aromatic rings. The first-order valence-electron chi connectivity index (χ1n) is 6.39. The van der Waals surface area contributed by atoms with Crippen LogP contribution in [0.25, 0.3) is 17.0 Å². The van der Waals surface area contributed by atoms with Crippen LogP contribution in [0, 0.1) is 0 Å². The van der Waals surface area contributed by atoms with Crippen molar-refractivity contribution in [3.05, 3.63) is 42.1 Å². The zero-order valence-corrected chi connectivity index (χ0v) is 12.6. The Morgan fingerprint density at radius 1 is 1.25 bits per heavy atom. The van der Waals surface area contributed by atoms with Gasteiger partial charge < -0.3 is 0 Å². The van der Waals surface area contributed by atoms with Crippen molar-refractivity contribution in [2.24, 2.45) is 0 Å². The molecule has 0 spiro atoms. The van der Waals surface area contributed by atoms with Crippen LogP contribution in [0.4, 0.5) is 8.78 Å². The van der Waals surface area contributed by atoms with Crippen LogP contribution in [0.15, 0.2) is 30.7 Å². The number of halogens is 2. The van der Waals surface area contributed by atoms with E-state index < -0.39 is 29.1 Å². The van der Waals surface area contributed by atoms with E-state index in [0.29, 0.717) is 11.3 Å². The van der Waals surface area contributed by atoms with Gasteiger partial charge in [0, 0.05) is 0 Å². The van der Waals surface area contributed by atoms with Gasteiger partial charge >= 0.3 is 10.4 Å². The molecule has 1 N–H and O–H groups in total. The molecule has 0 radical (unpaired) electrons. The van der Waals surface area contributed by atoms with Crippen molar-refractivity contribution >= 4 is 16.0 Å². The van der Waals surface area contributed by atoms with Crippen LogP contribution in [0.5, 0.6) is 0 Å². The summed E-state index contributed by atoms with van der Waals surface area (Å²) in [6.45, 7) is -0.513. The fourth-order valence-corrected chi connectivity index (χ4v) is 2.20. The molecule has 0 aliphatic rings. The van der Waals surface area contributed by atoms with Crippen LogP contribution in [0.1, 0.15) is 17.8 Å². The smallest absolute Gasteiger partial charge is 0.264 e. The van der Waals surface area contributed by atoms with Crippen molar-refractivity contribution in [3.8, 4) is 11.4 Å². The number of nitrogens with zero attached hydrogens (tertiary/aromatic N) is 5. The number of hydrogen-bond donors (Lipinski definition) is 1. The van der Waals surface area contributed by atoms with Gasteiger partial charge in [-0.1, -0.05) is 0 Å². The first kappa shape index (κ1) is 16.3. The molecule has 3 rings (SSSR count). The van der Waals surface area contributed by atoms with Gasteiger partial charge in [-0.05, 0) is 18.2 Å². The lowest BCUT2D eigenvalue weighted by Gasteiger charge is -2.04. The van der Waals surface area contributed by atoms with Gasteiger partial charge in [0.2, 0.25) is 0 Å². The molecule has 0 aliphatic heterocycles. The maximum absolute atomic E-state index is 12.8. The maximum atomic E-state index is 12.8. The number of fused-ring (bicyclic) bond motifs is 1. The molecule has 3 aromatic heterocycles. The normalized spacial score (nSPS) is 12.2. The molecule has 126 valence electrons. The third kappa shape index (κ3) is 3.50. The van der Waals surface area contributed by atoms with Crippen molar-refractivity contribution in [1.82, 2.24) is 24.6 Å². The van der Waals surface area contributed by atoms with E-state index in [1.54, 1.807) is 0 Å². The summed E-state index contributed by atoms with van der Waals surface area (Å²) in [5, 5.41) is 3.80. The van der Waals surface area contributed by atoms with Crippen molar-refractivity contribution in [3.63, 3.8) is 0 Å². The minimum Gasteiger partial charge on any atom is -0.264 e. The summed E-state index contributed by atoms with van der Waals surface area (Å²) in [5.41, 5.74) is 0.639. The zero-order valence-electron chi connectivity index (χ0n) is 11.7. The van der Waals surface area contributed by atoms with E-state index in [0.717, 1.165) is 6.33 Å². The summed E-state index contributed by atoms with van der Waals surface area (Å²) < 4.78 is 60.7. The third-order valence-electron chi connectivity index (χ3n) is 2.95. The van der Waals surface area contributed by atoms with Crippen molar-refractivity contribution in [2.45, 2.75) is 13.0 Å². The van der Waals surface area contributed by atoms with Crippen LogP contribution >= 0.6 is 0 Å². The van der Waals surface area contributed by atoms with Gasteiger partial charge in [0.25, 0.3) is 6.43 Å². The Balaban J connectivity index is 1.99. The second-order valence-corrected chi connectivity index (χ2v) is 5.65. The van der Waals surface area contributed by atoms with E-state index in [9.17, 15) is 17.2 Å². The molecule has 0 atom stereocenters. The minimum absolute atomic E-state index is 0.151. The fraction of sp³-hybridized carbons (Fsp3) is 0.167. The largest absolute Gasteiger partial charge is 0.397 e. The lowest BCUT2D eigenvalue weighted by Crippen LogP contribution is -2.05. The highest BCUT2D eigenvalue weighted by atomic mass is 32.3. The van der Waals surface area contributed by atoms with Gasteiger partial charge in [0.05, 0.1) is 17.6 Å². The molecule has 0 aliphatic carbocycles. The summed E-state index contributed by atoms with van der Waals surface area (Å²) in [5.74, 6) is 0. The summed E-state index contributed by atoms with van der Waals surface area (Å²) in [7, 11) is -4.61. The predicted octanol–water partition coefficient (Wildman–Crippen LogP) is 1.44. The molecule has 0 saturated heterocycles. The summed E-state index contributed by atoms with van der Waals surface area (Å²) in [6.07, 6.45) is -0.226. The van der Waals surface area contributed by atoms with Crippen LogP contribution < -0.4 is 0 Å². The number of imidazole rings is 1. The van der Waals surface area contributed by atoms with Crippen LogP contribution in [-0.2, 0) is 21.2 Å². The lowest BCUT2D eigenvalue weighted by molar-refractivity contribution is 0.144. The van der Waals surface area contributed by atoms with Gasteiger partial charge in [-0.2, -0.15) is 13.5 Å². The third-order valence-corrected chi connectivity index (χ3v) is 3.36. The average molecular weight is 357 g/mol. The molecule has 9 nitrogen and oxygen atoms in total. The standard InChI is InChI=1S/C12H9F2N5O4S/c13-12(14)8-1-2-11-15-4-10(19(11)18-8)9-3-7(16-6-17-9)5-23-24(20,21)22/h1-4,6,12H,5H2,(H,20,21,22). The van der Waals surface area contributed by atoms with Gasteiger partial charge in [0.15, 0.2) is 5.65 Å². The highest BCUT2D eigenvalue weighted by Crippen LogP contribution is 2.21. The predicted molar refractivity (Wildman–Crippen MR) is 75.3 cm³/mol. The van der Waals surface area contributed by atoms with E-state index in [1.807, 2.05) is 0 Å². The summed E-state index contributed by atoms with van der Waals surface area (Å²) in [4.78, 5) is 11.8. The van der Waals surface area contributed by atoms with E-state index in [2.05, 4.69) is 24.2 Å². The molecule has 0 amide bonds. The van der Waals surface area contributed by atoms with Crippen molar-refractivity contribution < 1.29 is 25.9 Å². The molecule has 12 heteroatoms. The Bertz CT molecular complexity index is 992. The van der Waals surface area contributed by atoms with Crippen molar-refractivity contribution in [1.29, 1.82) is 0 Å². The van der Waals surface area contributed by atoms with Gasteiger partial charge in [-0.3, -0.25) is 4.55 Å². The molecular formula is C12H9F2N5O4S. The lowest BCUT2D eigenvalue weighted by atomic mass is 10.3. The number of alkyl halides is 2. The highest BCUT2D eigenvalue weighted by Gasteiger charge is 2.15. The van der Waals surface area contributed by atoms with Gasteiger partial charge in [0.1, 0.15) is 24.3 Å². The quantitative estimate of drug-likeness (QED) is 0.681. The van der Waals surface area contributed by atoms with E-state index >= 15 is 0 Å². The molecule has 0 saturated carbocycles. The molecule has 0 unspecified atom stereocenters. The molecule has 0 bridgehead atoms. The first-order chi connectivity index (χ1) is 11.3. The van der Waals surface area contributed by atoms with E-state index in [-0.39, 0.29) is 11.4 Å². The van der Waals surface area contributed by atoms with E-state index in [1.165, 1.54) is 28.9 Å². The molecule has 0 fully saturated rings. The van der Waals surface area contributed by atoms with Gasteiger partial charge in [-0.15, -0.1) is 0 Å². The zero-order chi connectivity index (χ0) is 17.3. The molecule has 3 heterocycles. The summed E-state index contributed by atoms with van der Waals surface area (Å²) >= 11 is 0. The Labute approximate surface area is 133 Å². The summed E-state index contributed by atoms with van der Waals surface area (Å²) in [6, 6.07) is 3.93. The van der Waals surface area contributed by atoms with Gasteiger partial charge in [-0.25, -0.2) is 32.4 Å². The topological polar surface area (TPSA) is 120 Å². The van der Waals surface area contributed by atoms with Crippen molar-refractivity contribution in [2.75, 3.05) is 0 Å². The minimum atomic E-state index is -4.61. The number of aromatic nitrogens is 5. The second kappa shape index (κ2) is 6.14. The van der Waals surface area contributed by atoms with Crippen LogP contribution in [0.3, 0.4) is 0 Å². The Morgan fingerprint density at radius 2 is 2.04 bits per heavy atom. The number of hydrogen-bond acceptors (Lipinski definition) is 7. The van der Waals surface area contributed by atoms with Crippen LogP contribution in [0.2, 0.25) is 0 Å². The SMILES string of the molecule is O=S(=O)(O)OCc1cc(-c2cnc3ccc(C(F)F)nn23)ncn1. The Kier molecular flexibility index (Phi) is 4.17. The highest BCUT2D eigenvalue weighted by molar-refractivity contribution is 7.80. The molecule has 0 aromatic carbocycles. The second-order valence-electron chi connectivity index (χ2n) is 4.56. The molecular weight excluding hydrogens is 348 g/mol. The fourth-order valence-electron chi connectivity index (χ4n) is 1.93. The monoisotopic (exact) mass is 357 g/mol. The first-order valence-corrected chi connectivity index (χ1v) is 7.76. The number of rotatable bonds is 5. The van der Waals surface area contributed by atoms with Crippen LogP contribution in [-0.4, -0.2) is 37.5 Å². The Hall–Kier alpha value is -2.57. The Morgan fingerprint density at radius 3 is 2.75 bits per heavy atom. The average Bonchev–Trinajstić information content (AvgIpc) is 2.95.